The van der Waals surface area contributed by atoms with Gasteiger partial charge in [0.05, 0.1) is 6.42 Å². The zero-order valence-electron chi connectivity index (χ0n) is 13.1. The first-order chi connectivity index (χ1) is 10.4. The van der Waals surface area contributed by atoms with Crippen LogP contribution >= 0.6 is 0 Å². The predicted molar refractivity (Wildman–Crippen MR) is 78.8 cm³/mol. The van der Waals surface area contributed by atoms with Crippen molar-refractivity contribution in [2.75, 3.05) is 0 Å². The molecule has 22 heavy (non-hydrogen) atoms. The van der Waals surface area contributed by atoms with Gasteiger partial charge in [0.25, 0.3) is 0 Å². The molecule has 0 bridgehead atoms. The van der Waals surface area contributed by atoms with Gasteiger partial charge in [0.2, 0.25) is 0 Å². The first kappa shape index (κ1) is 17.9. The van der Waals surface area contributed by atoms with Crippen LogP contribution in [0.5, 0.6) is 0 Å². The van der Waals surface area contributed by atoms with Crippen LogP contribution in [0.25, 0.3) is 0 Å². The van der Waals surface area contributed by atoms with Gasteiger partial charge in [-0.25, -0.2) is 9.59 Å². The van der Waals surface area contributed by atoms with Gasteiger partial charge in [-0.2, -0.15) is 0 Å². The summed E-state index contributed by atoms with van der Waals surface area (Å²) in [5.74, 6) is -1.46. The van der Waals surface area contributed by atoms with E-state index in [-0.39, 0.29) is 18.6 Å². The fraction of sp³-hybridized carbons (Fsp3) is 0.562. The summed E-state index contributed by atoms with van der Waals surface area (Å²) in [5.41, 5.74) is 0. The summed E-state index contributed by atoms with van der Waals surface area (Å²) in [6, 6.07) is 0. The lowest BCUT2D eigenvalue weighted by atomic mass is 10.2. The molecule has 0 saturated heterocycles. The number of hydrogen-bond acceptors (Lipinski definition) is 6. The van der Waals surface area contributed by atoms with E-state index in [0.29, 0.717) is 12.8 Å². The maximum Gasteiger partial charge on any atom is 0.330 e. The minimum absolute atomic E-state index is 0.00786. The SMILES string of the molecule is CC1CC(=O)O[C@H](C)C/C=C/C(=O)O[C@H](C)C/C=C/C(=O)O1. The highest BCUT2D eigenvalue weighted by atomic mass is 16.6. The molecular formula is C16H22O6. The number of ether oxygens (including phenoxy) is 3. The van der Waals surface area contributed by atoms with Crippen molar-refractivity contribution in [1.82, 2.24) is 0 Å². The van der Waals surface area contributed by atoms with Crippen LogP contribution in [0, 0.1) is 0 Å². The van der Waals surface area contributed by atoms with Crippen molar-refractivity contribution in [3.63, 3.8) is 0 Å². The molecule has 0 aromatic heterocycles. The molecule has 0 N–H and O–H groups in total. The third-order valence-electron chi connectivity index (χ3n) is 2.87. The Hall–Kier alpha value is -2.11. The largest absolute Gasteiger partial charge is 0.462 e. The lowest BCUT2D eigenvalue weighted by Crippen LogP contribution is -2.22. The average molecular weight is 310 g/mol. The van der Waals surface area contributed by atoms with Gasteiger partial charge in [0, 0.05) is 25.0 Å². The number of hydrogen-bond donors (Lipinski definition) is 0. The number of cyclic esters (lactones) is 3. The molecule has 1 aliphatic rings. The average Bonchev–Trinajstić information content (AvgIpc) is 2.36. The number of carbonyl (C=O) groups is 3. The first-order valence-electron chi connectivity index (χ1n) is 7.30. The van der Waals surface area contributed by atoms with Gasteiger partial charge in [-0.3, -0.25) is 4.79 Å². The molecule has 0 aliphatic carbocycles. The predicted octanol–water partition coefficient (Wildman–Crippen LogP) is 2.08. The standard InChI is InChI=1S/C16H22O6/c1-11-6-4-9-15(18)22-13(3)10-16(19)21-12(2)7-5-8-14(17)20-11/h4-5,8-9,11-13H,6-7,10H2,1-3H3/b8-5+,9-4+/t11-,12-,13?/m1/s1. The summed E-state index contributed by atoms with van der Waals surface area (Å²) in [6.07, 6.45) is 5.28. The molecule has 6 nitrogen and oxygen atoms in total. The summed E-state index contributed by atoms with van der Waals surface area (Å²) in [4.78, 5) is 34.7. The van der Waals surface area contributed by atoms with Gasteiger partial charge in [0.15, 0.2) is 0 Å². The van der Waals surface area contributed by atoms with Crippen LogP contribution in [0.15, 0.2) is 24.3 Å². The van der Waals surface area contributed by atoms with Crippen molar-refractivity contribution in [3.8, 4) is 0 Å². The zero-order chi connectivity index (χ0) is 16.5. The van der Waals surface area contributed by atoms with Crippen LogP contribution in [0.4, 0.5) is 0 Å². The minimum atomic E-state index is -0.560. The zero-order valence-corrected chi connectivity index (χ0v) is 13.1. The van der Waals surface area contributed by atoms with E-state index in [1.807, 2.05) is 0 Å². The van der Waals surface area contributed by atoms with Gasteiger partial charge in [-0.1, -0.05) is 12.2 Å². The second kappa shape index (κ2) is 9.02. The Morgan fingerprint density at radius 2 is 1.23 bits per heavy atom. The van der Waals surface area contributed by atoms with Crippen molar-refractivity contribution in [2.45, 2.75) is 58.3 Å². The molecule has 122 valence electrons. The van der Waals surface area contributed by atoms with Crippen molar-refractivity contribution in [2.24, 2.45) is 0 Å². The van der Waals surface area contributed by atoms with Crippen LogP contribution in [0.1, 0.15) is 40.0 Å². The first-order valence-corrected chi connectivity index (χ1v) is 7.30. The van der Waals surface area contributed by atoms with E-state index < -0.39 is 24.0 Å². The Kier molecular flexibility index (Phi) is 7.36. The van der Waals surface area contributed by atoms with Gasteiger partial charge >= 0.3 is 17.9 Å². The summed E-state index contributed by atoms with van der Waals surface area (Å²) in [5, 5.41) is 0. The molecule has 0 aromatic rings. The van der Waals surface area contributed by atoms with Crippen molar-refractivity contribution >= 4 is 17.9 Å². The van der Waals surface area contributed by atoms with E-state index in [1.54, 1.807) is 32.9 Å². The second-order valence-corrected chi connectivity index (χ2v) is 5.28. The Balaban J connectivity index is 2.73. The van der Waals surface area contributed by atoms with E-state index in [2.05, 4.69) is 0 Å². The monoisotopic (exact) mass is 310 g/mol. The van der Waals surface area contributed by atoms with E-state index in [4.69, 9.17) is 14.2 Å². The topological polar surface area (TPSA) is 78.9 Å². The molecule has 0 aromatic carbocycles. The van der Waals surface area contributed by atoms with E-state index in [0.717, 1.165) is 0 Å². The molecule has 1 rings (SSSR count). The molecule has 0 spiro atoms. The summed E-state index contributed by atoms with van der Waals surface area (Å²) >= 11 is 0. The molecule has 0 saturated carbocycles. The Morgan fingerprint density at radius 1 is 0.773 bits per heavy atom. The maximum absolute atomic E-state index is 11.7. The summed E-state index contributed by atoms with van der Waals surface area (Å²) in [6.45, 7) is 5.08. The van der Waals surface area contributed by atoms with Gasteiger partial charge in [0.1, 0.15) is 18.3 Å². The second-order valence-electron chi connectivity index (χ2n) is 5.28. The quantitative estimate of drug-likeness (QED) is 0.503. The van der Waals surface area contributed by atoms with Crippen LogP contribution in [-0.4, -0.2) is 36.2 Å². The van der Waals surface area contributed by atoms with Crippen molar-refractivity contribution in [1.29, 1.82) is 0 Å². The molecule has 0 fully saturated rings. The van der Waals surface area contributed by atoms with Gasteiger partial charge < -0.3 is 14.2 Å². The minimum Gasteiger partial charge on any atom is -0.462 e. The molecule has 0 amide bonds. The van der Waals surface area contributed by atoms with Crippen LogP contribution in [0.3, 0.4) is 0 Å². The van der Waals surface area contributed by atoms with E-state index in [9.17, 15) is 14.4 Å². The maximum atomic E-state index is 11.7. The van der Waals surface area contributed by atoms with Crippen LogP contribution < -0.4 is 0 Å². The van der Waals surface area contributed by atoms with E-state index in [1.165, 1.54) is 12.2 Å². The number of rotatable bonds is 0. The summed E-state index contributed by atoms with van der Waals surface area (Å²) < 4.78 is 15.4. The molecule has 3 atom stereocenters. The number of carbonyl (C=O) groups excluding carboxylic acids is 3. The molecular weight excluding hydrogens is 288 g/mol. The van der Waals surface area contributed by atoms with Crippen LogP contribution in [0.2, 0.25) is 0 Å². The highest BCUT2D eigenvalue weighted by Gasteiger charge is 2.16. The van der Waals surface area contributed by atoms with Gasteiger partial charge in [-0.05, 0) is 20.8 Å². The third-order valence-corrected chi connectivity index (χ3v) is 2.87. The van der Waals surface area contributed by atoms with Gasteiger partial charge in [-0.15, -0.1) is 0 Å². The molecule has 1 unspecified atom stereocenters. The highest BCUT2D eigenvalue weighted by molar-refractivity contribution is 5.83. The molecule has 1 heterocycles. The lowest BCUT2D eigenvalue weighted by molar-refractivity contribution is -0.154. The molecule has 0 radical (unpaired) electrons. The van der Waals surface area contributed by atoms with Crippen LogP contribution in [-0.2, 0) is 28.6 Å². The van der Waals surface area contributed by atoms with Crippen molar-refractivity contribution in [3.05, 3.63) is 24.3 Å². The highest BCUT2D eigenvalue weighted by Crippen LogP contribution is 2.07. The number of esters is 3. The molecule has 6 heteroatoms. The van der Waals surface area contributed by atoms with E-state index >= 15 is 0 Å². The fourth-order valence-electron chi connectivity index (χ4n) is 1.83. The smallest absolute Gasteiger partial charge is 0.330 e. The van der Waals surface area contributed by atoms with Crippen molar-refractivity contribution < 1.29 is 28.6 Å². The Labute approximate surface area is 130 Å². The molecule has 1 aliphatic heterocycles. The summed E-state index contributed by atoms with van der Waals surface area (Å²) in [7, 11) is 0. The Morgan fingerprint density at radius 3 is 1.77 bits per heavy atom. The Bertz CT molecular complexity index is 465. The third kappa shape index (κ3) is 7.61. The lowest BCUT2D eigenvalue weighted by Gasteiger charge is -2.15. The normalized spacial score (nSPS) is 31.6. The fourth-order valence-corrected chi connectivity index (χ4v) is 1.83.